The van der Waals surface area contributed by atoms with Crippen LogP contribution in [0.2, 0.25) is 0 Å². The highest BCUT2D eigenvalue weighted by Gasteiger charge is 2.38. The van der Waals surface area contributed by atoms with Gasteiger partial charge in [-0.25, -0.2) is 8.78 Å². The quantitative estimate of drug-likeness (QED) is 0.156. The van der Waals surface area contributed by atoms with Gasteiger partial charge in [-0.15, -0.1) is 21.5 Å². The molecule has 13 heteroatoms. The van der Waals surface area contributed by atoms with Gasteiger partial charge in [0.15, 0.2) is 5.82 Å². The monoisotopic (exact) mass is 883 g/mol. The Balaban J connectivity index is 0.793. The van der Waals surface area contributed by atoms with Gasteiger partial charge in [0.25, 0.3) is 0 Å². The first-order valence-corrected chi connectivity index (χ1v) is 23.3. The fourth-order valence-corrected chi connectivity index (χ4v) is 12.0. The molecule has 64 heavy (non-hydrogen) atoms. The Bertz CT molecular complexity index is 2770. The summed E-state index contributed by atoms with van der Waals surface area (Å²) in [6.07, 6.45) is 2.60. The molecule has 3 aliphatic heterocycles. The number of ether oxygens (including phenoxy) is 1. The zero-order chi connectivity index (χ0) is 44.4. The summed E-state index contributed by atoms with van der Waals surface area (Å²) in [6, 6.07) is 24.2. The van der Waals surface area contributed by atoms with Gasteiger partial charge in [-0.05, 0) is 118 Å². The van der Waals surface area contributed by atoms with Gasteiger partial charge in [-0.3, -0.25) is 14.5 Å². The van der Waals surface area contributed by atoms with Crippen molar-refractivity contribution in [1.82, 2.24) is 19.7 Å². The summed E-state index contributed by atoms with van der Waals surface area (Å²) in [5.74, 6) is 1.85. The van der Waals surface area contributed by atoms with Gasteiger partial charge < -0.3 is 24.7 Å². The van der Waals surface area contributed by atoms with E-state index in [9.17, 15) is 10.2 Å². The molecule has 2 unspecified atom stereocenters. The largest absolute Gasteiger partial charge is 0.508 e. The maximum Gasteiger partial charge on any atom is 0.162 e. The molecule has 1 aliphatic carbocycles. The highest BCUT2D eigenvalue weighted by atomic mass is 32.1. The first kappa shape index (κ1) is 42.3. The van der Waals surface area contributed by atoms with Crippen LogP contribution in [0.4, 0.5) is 20.2 Å². The first-order chi connectivity index (χ1) is 30.9. The van der Waals surface area contributed by atoms with E-state index >= 15 is 8.78 Å². The molecular weight excluding hydrogens is 829 g/mol. The molecular formula is C51H55F2N7O3S. The highest BCUT2D eigenvalue weighted by Crippen LogP contribution is 2.50. The summed E-state index contributed by atoms with van der Waals surface area (Å²) in [6.45, 7) is 13.0. The Morgan fingerprint density at radius 2 is 1.59 bits per heavy atom. The lowest BCUT2D eigenvalue weighted by molar-refractivity contribution is -0.0174. The van der Waals surface area contributed by atoms with Gasteiger partial charge in [0.1, 0.15) is 40.0 Å². The molecule has 2 saturated heterocycles. The molecule has 332 valence electrons. The summed E-state index contributed by atoms with van der Waals surface area (Å²) in [5.41, 5.74) is 8.25. The number of benzene rings is 4. The molecule has 0 radical (unpaired) electrons. The number of phenolic OH excluding ortho intramolecular Hbond substituents is 1. The third-order valence-corrected chi connectivity index (χ3v) is 15.5. The van der Waals surface area contributed by atoms with Crippen molar-refractivity contribution in [2.24, 2.45) is 4.99 Å². The second-order valence-electron chi connectivity index (χ2n) is 18.2. The van der Waals surface area contributed by atoms with Gasteiger partial charge in [-0.2, -0.15) is 0 Å². The lowest BCUT2D eigenvalue weighted by atomic mass is 9.69. The van der Waals surface area contributed by atoms with E-state index < -0.39 is 5.60 Å². The molecule has 4 aromatic carbocycles. The van der Waals surface area contributed by atoms with Crippen LogP contribution in [0.25, 0.3) is 5.00 Å². The Labute approximate surface area is 377 Å². The molecule has 0 spiro atoms. The number of thiophene rings is 1. The smallest absolute Gasteiger partial charge is 0.162 e. The Morgan fingerprint density at radius 3 is 2.34 bits per heavy atom. The van der Waals surface area contributed by atoms with Crippen molar-refractivity contribution in [1.29, 1.82) is 0 Å². The maximum absolute atomic E-state index is 16.2. The van der Waals surface area contributed by atoms with Crippen molar-refractivity contribution in [3.8, 4) is 16.5 Å². The van der Waals surface area contributed by atoms with Gasteiger partial charge in [0.05, 0.1) is 24.1 Å². The number of hydrogen-bond acceptors (Lipinski definition) is 10. The third kappa shape index (κ3) is 7.54. The van der Waals surface area contributed by atoms with Gasteiger partial charge in [0.2, 0.25) is 0 Å². The van der Waals surface area contributed by atoms with Crippen molar-refractivity contribution in [2.75, 3.05) is 62.7 Å². The van der Waals surface area contributed by atoms with Crippen molar-refractivity contribution in [3.05, 3.63) is 146 Å². The van der Waals surface area contributed by atoms with Crippen LogP contribution in [0.5, 0.6) is 11.5 Å². The number of piperidine rings is 1. The summed E-state index contributed by atoms with van der Waals surface area (Å²) in [7, 11) is 1.69. The number of rotatable bonds is 8. The summed E-state index contributed by atoms with van der Waals surface area (Å²) >= 11 is 1.69. The summed E-state index contributed by atoms with van der Waals surface area (Å²) < 4.78 is 39.7. The maximum atomic E-state index is 16.2. The average molecular weight is 884 g/mol. The topological polar surface area (TPSA) is 102 Å². The van der Waals surface area contributed by atoms with Crippen LogP contribution >= 0.6 is 11.3 Å². The van der Waals surface area contributed by atoms with Crippen molar-refractivity contribution in [3.63, 3.8) is 0 Å². The number of anilines is 2. The minimum absolute atomic E-state index is 0.0888. The molecule has 0 bridgehead atoms. The predicted octanol–water partition coefficient (Wildman–Crippen LogP) is 9.17. The molecule has 10 nitrogen and oxygen atoms in total. The molecule has 4 aliphatic rings. The number of β-amino-alcohol motifs (C(OH)–C–C–N with tert-alkyl or cyclic N) is 1. The van der Waals surface area contributed by atoms with E-state index in [-0.39, 0.29) is 35.3 Å². The summed E-state index contributed by atoms with van der Waals surface area (Å²) in [4.78, 5) is 13.1. The predicted molar refractivity (Wildman–Crippen MR) is 249 cm³/mol. The number of aryl methyl sites for hydroxylation is 3. The van der Waals surface area contributed by atoms with E-state index in [0.29, 0.717) is 43.7 Å². The Morgan fingerprint density at radius 1 is 0.828 bits per heavy atom. The first-order valence-electron chi connectivity index (χ1n) is 22.5. The van der Waals surface area contributed by atoms with Gasteiger partial charge in [0, 0.05) is 85.1 Å². The number of piperazine rings is 1. The molecule has 2 N–H and O–H groups in total. The van der Waals surface area contributed by atoms with Crippen LogP contribution in [0.1, 0.15) is 99.5 Å². The number of phenols is 1. The molecule has 10 rings (SSSR count). The number of hydrogen-bond donors (Lipinski definition) is 2. The minimum Gasteiger partial charge on any atom is -0.508 e. The van der Waals surface area contributed by atoms with Crippen molar-refractivity contribution in [2.45, 2.75) is 76.9 Å². The van der Waals surface area contributed by atoms with Gasteiger partial charge >= 0.3 is 0 Å². The molecule has 5 heterocycles. The van der Waals surface area contributed by atoms with E-state index in [1.54, 1.807) is 36.6 Å². The lowest BCUT2D eigenvalue weighted by Gasteiger charge is -2.44. The van der Waals surface area contributed by atoms with Crippen LogP contribution < -0.4 is 14.5 Å². The fourth-order valence-electron chi connectivity index (χ4n) is 10.7. The molecule has 2 fully saturated rings. The van der Waals surface area contributed by atoms with Crippen LogP contribution in [-0.2, 0) is 6.42 Å². The lowest BCUT2D eigenvalue weighted by Crippen LogP contribution is -2.55. The van der Waals surface area contributed by atoms with E-state index in [4.69, 9.17) is 9.73 Å². The normalized spacial score (nSPS) is 20.9. The number of aliphatic imine (C=N–C) groups is 1. The average Bonchev–Trinajstić information content (AvgIpc) is 3.78. The standard InChI is InChI=1S/C51H55F2N7O3S/c1-30-32(3)64-50-46(30)48(54-31(2)49-56-55-33(4)60(49)50)35-11-17-44(43(53)27-35)59-20-18-51(62,19-21-59)29-57-22-24-58(25-23-57)36-12-15-41(45(28-36)63-5)47-38-16-13-37(61)26-34(38)10-14-40(47)39-8-6-7-9-42(39)52/h6-9,11-13,15-17,26-28,31,40,47,61-62H,10,14,18-25,29H2,1-5H3/t31-,40?,47?/m0/s1. The van der Waals surface area contributed by atoms with Crippen LogP contribution in [-0.4, -0.2) is 94.1 Å². The Kier molecular flexibility index (Phi) is 11.1. The van der Waals surface area contributed by atoms with E-state index in [1.807, 2.05) is 50.2 Å². The fraction of sp³-hybridized carbons (Fsp3) is 0.392. The SMILES string of the molecule is COc1cc(N2CCN(CC3(O)CCN(c4ccc(C5=N[C@@H](C)c6nnc(C)n6-c6sc(C)c(C)c65)cc4F)CC3)CC2)ccc1C1c2ccc(O)cc2CCC1c1ccccc1F. The number of methoxy groups -OCH3 is 1. The van der Waals surface area contributed by atoms with Crippen LogP contribution in [0.3, 0.4) is 0 Å². The molecule has 2 aromatic heterocycles. The number of aliphatic hydroxyl groups is 1. The molecule has 0 amide bonds. The van der Waals surface area contributed by atoms with Crippen LogP contribution in [0, 0.1) is 32.4 Å². The van der Waals surface area contributed by atoms with Crippen molar-refractivity contribution >= 4 is 28.4 Å². The molecule has 0 saturated carbocycles. The molecule has 3 atom stereocenters. The van der Waals surface area contributed by atoms with E-state index in [2.05, 4.69) is 61.5 Å². The Hall–Kier alpha value is -5.63. The number of nitrogens with zero attached hydrogens (tertiary/aromatic N) is 7. The van der Waals surface area contributed by atoms with Crippen LogP contribution in [0.15, 0.2) is 83.9 Å². The second kappa shape index (κ2) is 16.7. The minimum atomic E-state index is -0.866. The second-order valence-corrected chi connectivity index (χ2v) is 19.4. The highest BCUT2D eigenvalue weighted by molar-refractivity contribution is 7.15. The molecule has 6 aromatic rings. The van der Waals surface area contributed by atoms with Gasteiger partial charge in [-0.1, -0.05) is 36.4 Å². The number of aromatic hydroxyl groups is 1. The zero-order valence-corrected chi connectivity index (χ0v) is 37.9. The van der Waals surface area contributed by atoms with E-state index in [1.165, 1.54) is 10.9 Å². The number of halogens is 2. The third-order valence-electron chi connectivity index (χ3n) is 14.3. The zero-order valence-electron chi connectivity index (χ0n) is 37.1. The number of fused-ring (bicyclic) bond motifs is 4. The van der Waals surface area contributed by atoms with Crippen molar-refractivity contribution < 1.29 is 23.7 Å². The van der Waals surface area contributed by atoms with E-state index in [0.717, 1.165) is 106 Å². The number of aromatic nitrogens is 3. The summed E-state index contributed by atoms with van der Waals surface area (Å²) in [5, 5.41) is 32.0.